The number of amides is 3. The van der Waals surface area contributed by atoms with Gasteiger partial charge in [-0.3, -0.25) is 19.3 Å². The maximum absolute atomic E-state index is 12.4. The number of carbonyl (C=O) groups is 5. The molecule has 148 valence electrons. The maximum atomic E-state index is 12.4. The standard InChI is InChI=1S/C14H13N5O7S2/c15-13-17-5(3-28-13)8(20)9(21)18-6-10(22)19-7(12(23)24)4(1-26-14(16)25)2-27-11(6)19/h3,6,11H,1-2H2,(H2,15,17)(H2,16,25)(H,18,21)(H,23,24)/t6?,11-/m1/s1. The molecule has 1 saturated heterocycles. The highest BCUT2D eigenvalue weighted by Crippen LogP contribution is 2.40. The fourth-order valence-corrected chi connectivity index (χ4v) is 4.54. The third kappa shape index (κ3) is 3.50. The number of carbonyl (C=O) groups excluding carboxylic acids is 4. The lowest BCUT2D eigenvalue weighted by Gasteiger charge is -2.49. The predicted octanol–water partition coefficient (Wildman–Crippen LogP) is -1.26. The molecule has 3 heterocycles. The van der Waals surface area contributed by atoms with E-state index in [0.29, 0.717) is 0 Å². The van der Waals surface area contributed by atoms with E-state index in [1.807, 2.05) is 0 Å². The SMILES string of the molecule is NC(=O)OCC1=C(C(=O)O)N2C(=O)C(NC(=O)C(=O)c3csc(N)n3)[C@H]2SC1. The average Bonchev–Trinajstić information content (AvgIpc) is 3.08. The van der Waals surface area contributed by atoms with Crippen molar-refractivity contribution < 1.29 is 33.8 Å². The number of anilines is 1. The number of nitrogens with one attached hydrogen (secondary N) is 1. The van der Waals surface area contributed by atoms with Crippen LogP contribution in [0.15, 0.2) is 16.7 Å². The van der Waals surface area contributed by atoms with Crippen LogP contribution in [-0.4, -0.2) is 68.4 Å². The van der Waals surface area contributed by atoms with Gasteiger partial charge in [0.25, 0.3) is 17.6 Å². The molecule has 0 bridgehead atoms. The highest BCUT2D eigenvalue weighted by atomic mass is 32.2. The largest absolute Gasteiger partial charge is 0.477 e. The van der Waals surface area contributed by atoms with Gasteiger partial charge in [-0.15, -0.1) is 23.1 Å². The number of carboxylic acids is 1. The molecule has 28 heavy (non-hydrogen) atoms. The van der Waals surface area contributed by atoms with Crippen molar-refractivity contribution in [1.82, 2.24) is 15.2 Å². The quantitative estimate of drug-likeness (QED) is 0.242. The molecule has 1 aromatic heterocycles. The van der Waals surface area contributed by atoms with Crippen LogP contribution in [0.25, 0.3) is 0 Å². The number of fused-ring (bicyclic) bond motifs is 1. The molecule has 0 radical (unpaired) electrons. The van der Waals surface area contributed by atoms with Crippen molar-refractivity contribution in [3.05, 3.63) is 22.3 Å². The molecular weight excluding hydrogens is 414 g/mol. The molecule has 12 nitrogen and oxygen atoms in total. The topological polar surface area (TPSA) is 195 Å². The highest BCUT2D eigenvalue weighted by Gasteiger charge is 2.54. The van der Waals surface area contributed by atoms with Crippen LogP contribution in [0.4, 0.5) is 9.93 Å². The summed E-state index contributed by atoms with van der Waals surface area (Å²) in [6.07, 6.45) is -1.08. The van der Waals surface area contributed by atoms with E-state index in [-0.39, 0.29) is 34.5 Å². The lowest BCUT2D eigenvalue weighted by molar-refractivity contribution is -0.150. The molecule has 0 saturated carbocycles. The van der Waals surface area contributed by atoms with Gasteiger partial charge in [0, 0.05) is 16.7 Å². The van der Waals surface area contributed by atoms with E-state index in [9.17, 15) is 29.1 Å². The summed E-state index contributed by atoms with van der Waals surface area (Å²) in [5, 5.41) is 12.4. The molecular formula is C14H13N5O7S2. The number of aromatic nitrogens is 1. The molecule has 0 aliphatic carbocycles. The van der Waals surface area contributed by atoms with E-state index < -0.39 is 41.1 Å². The van der Waals surface area contributed by atoms with Crippen LogP contribution in [0.2, 0.25) is 0 Å². The first kappa shape index (κ1) is 19.6. The van der Waals surface area contributed by atoms with Crippen LogP contribution < -0.4 is 16.8 Å². The van der Waals surface area contributed by atoms with Crippen LogP contribution >= 0.6 is 23.1 Å². The monoisotopic (exact) mass is 427 g/mol. The number of nitrogens with two attached hydrogens (primary N) is 2. The molecule has 1 unspecified atom stereocenters. The normalized spacial score (nSPS) is 20.9. The zero-order valence-electron chi connectivity index (χ0n) is 13.9. The number of thiazole rings is 1. The Bertz CT molecular complexity index is 927. The van der Waals surface area contributed by atoms with E-state index in [2.05, 4.69) is 15.0 Å². The number of nitrogens with zero attached hydrogens (tertiary/aromatic N) is 2. The average molecular weight is 427 g/mol. The predicted molar refractivity (Wildman–Crippen MR) is 96.1 cm³/mol. The Balaban J connectivity index is 1.73. The Hall–Kier alpha value is -3.13. The molecule has 6 N–H and O–H groups in total. The molecule has 0 aromatic carbocycles. The van der Waals surface area contributed by atoms with Gasteiger partial charge in [0.1, 0.15) is 29.4 Å². The van der Waals surface area contributed by atoms with Gasteiger partial charge in [0.05, 0.1) is 0 Å². The summed E-state index contributed by atoms with van der Waals surface area (Å²) in [5.74, 6) is -3.96. The number of β-lactam (4-membered cyclic amide) rings is 1. The maximum Gasteiger partial charge on any atom is 0.404 e. The van der Waals surface area contributed by atoms with E-state index in [1.54, 1.807) is 0 Å². The number of hydrogen-bond donors (Lipinski definition) is 4. The van der Waals surface area contributed by atoms with E-state index >= 15 is 0 Å². The third-order valence-electron chi connectivity index (χ3n) is 3.89. The Morgan fingerprint density at radius 2 is 2.11 bits per heavy atom. The molecule has 2 aliphatic heterocycles. The van der Waals surface area contributed by atoms with Crippen molar-refractivity contribution in [2.24, 2.45) is 5.73 Å². The first-order valence-electron chi connectivity index (χ1n) is 7.59. The number of primary amides is 1. The van der Waals surface area contributed by atoms with Gasteiger partial charge in [-0.25, -0.2) is 14.6 Å². The number of rotatable bonds is 6. The second-order valence-corrected chi connectivity index (χ2v) is 7.62. The molecule has 2 aliphatic rings. The molecule has 1 fully saturated rings. The number of thioether (sulfide) groups is 1. The lowest BCUT2D eigenvalue weighted by atomic mass is 10.0. The van der Waals surface area contributed by atoms with Gasteiger partial charge >= 0.3 is 12.1 Å². The summed E-state index contributed by atoms with van der Waals surface area (Å²) in [6, 6.07) is -1.08. The van der Waals surface area contributed by atoms with Crippen LogP contribution in [-0.2, 0) is 19.1 Å². The van der Waals surface area contributed by atoms with E-state index in [0.717, 1.165) is 28.0 Å². The number of nitrogen functional groups attached to an aromatic ring is 1. The molecule has 0 spiro atoms. The van der Waals surface area contributed by atoms with Crippen LogP contribution in [0.5, 0.6) is 0 Å². The van der Waals surface area contributed by atoms with Crippen LogP contribution in [0, 0.1) is 0 Å². The van der Waals surface area contributed by atoms with Gasteiger partial charge in [-0.05, 0) is 0 Å². The first-order chi connectivity index (χ1) is 13.2. The molecule has 3 amide bonds. The minimum absolute atomic E-state index is 0.117. The number of ether oxygens (including phenoxy) is 1. The summed E-state index contributed by atoms with van der Waals surface area (Å²) in [4.78, 5) is 63.6. The number of Topliss-reactive ketones (excluding diaryl/α,β-unsaturated/α-hetero) is 1. The zero-order valence-corrected chi connectivity index (χ0v) is 15.5. The summed E-state index contributed by atoms with van der Waals surface area (Å²) >= 11 is 2.14. The van der Waals surface area contributed by atoms with Gasteiger partial charge in [-0.1, -0.05) is 0 Å². The van der Waals surface area contributed by atoms with Crippen LogP contribution in [0.3, 0.4) is 0 Å². The van der Waals surface area contributed by atoms with Gasteiger partial charge < -0.3 is 26.6 Å². The fraction of sp³-hybridized carbons (Fsp3) is 0.286. The Labute approximate surface area is 164 Å². The zero-order chi connectivity index (χ0) is 20.6. The van der Waals surface area contributed by atoms with Crippen LogP contribution in [0.1, 0.15) is 10.5 Å². The highest BCUT2D eigenvalue weighted by molar-refractivity contribution is 8.00. The van der Waals surface area contributed by atoms with Crippen molar-refractivity contribution in [3.8, 4) is 0 Å². The van der Waals surface area contributed by atoms with Gasteiger partial charge in [0.2, 0.25) is 0 Å². The van der Waals surface area contributed by atoms with Crippen molar-refractivity contribution in [2.45, 2.75) is 11.4 Å². The number of aliphatic carboxylic acids is 1. The van der Waals surface area contributed by atoms with Gasteiger partial charge in [-0.2, -0.15) is 0 Å². The van der Waals surface area contributed by atoms with E-state index in [1.165, 1.54) is 5.38 Å². The van der Waals surface area contributed by atoms with Crippen molar-refractivity contribution >= 4 is 57.9 Å². The van der Waals surface area contributed by atoms with E-state index in [4.69, 9.17) is 11.5 Å². The smallest absolute Gasteiger partial charge is 0.404 e. The molecule has 2 atom stereocenters. The number of carboxylic acid groups (broad SMARTS) is 1. The van der Waals surface area contributed by atoms with Crippen molar-refractivity contribution in [3.63, 3.8) is 0 Å². The Morgan fingerprint density at radius 1 is 1.39 bits per heavy atom. The Morgan fingerprint density at radius 3 is 2.68 bits per heavy atom. The Kier molecular flexibility index (Phi) is 5.24. The summed E-state index contributed by atoms with van der Waals surface area (Å²) in [5.41, 5.74) is 10.0. The summed E-state index contributed by atoms with van der Waals surface area (Å²) < 4.78 is 4.61. The number of ketones is 1. The fourth-order valence-electron chi connectivity index (χ4n) is 2.67. The summed E-state index contributed by atoms with van der Waals surface area (Å²) in [6.45, 7) is -0.374. The second kappa shape index (κ2) is 7.47. The minimum Gasteiger partial charge on any atom is -0.477 e. The minimum atomic E-state index is -1.39. The molecule has 3 rings (SSSR count). The van der Waals surface area contributed by atoms with Gasteiger partial charge in [0.15, 0.2) is 5.13 Å². The lowest BCUT2D eigenvalue weighted by Crippen LogP contribution is -2.71. The first-order valence-corrected chi connectivity index (χ1v) is 9.52. The number of hydrogen-bond acceptors (Lipinski definition) is 10. The third-order valence-corrected chi connectivity index (χ3v) is 5.90. The van der Waals surface area contributed by atoms with Crippen molar-refractivity contribution in [2.75, 3.05) is 18.1 Å². The molecule has 1 aromatic rings. The summed E-state index contributed by atoms with van der Waals surface area (Å²) in [7, 11) is 0. The molecule has 14 heteroatoms. The second-order valence-electron chi connectivity index (χ2n) is 5.63. The van der Waals surface area contributed by atoms with Crippen molar-refractivity contribution in [1.29, 1.82) is 0 Å².